The molecule has 0 atom stereocenters. The van der Waals surface area contributed by atoms with Gasteiger partial charge in [0.2, 0.25) is 0 Å². The van der Waals surface area contributed by atoms with E-state index in [9.17, 15) is 4.79 Å². The number of ether oxygens (including phenoxy) is 1. The number of halogens is 1. The molecule has 0 bridgehead atoms. The van der Waals surface area contributed by atoms with E-state index < -0.39 is 0 Å². The van der Waals surface area contributed by atoms with E-state index in [2.05, 4.69) is 28.1 Å². The van der Waals surface area contributed by atoms with Crippen LogP contribution in [0.25, 0.3) is 11.0 Å². The molecule has 1 aromatic heterocycles. The first-order valence-electron chi connectivity index (χ1n) is 13.2. The number of aromatic nitrogens is 2. The molecule has 0 saturated heterocycles. The van der Waals surface area contributed by atoms with Crippen molar-refractivity contribution in [3.63, 3.8) is 0 Å². The van der Waals surface area contributed by atoms with E-state index in [4.69, 9.17) is 21.3 Å². The Morgan fingerprint density at radius 1 is 0.946 bits per heavy atom. The lowest BCUT2D eigenvalue weighted by atomic mass is 10.1. The number of amides is 1. The first kappa shape index (κ1) is 26.7. The van der Waals surface area contributed by atoms with E-state index in [-0.39, 0.29) is 5.91 Å². The van der Waals surface area contributed by atoms with Crippen molar-refractivity contribution < 1.29 is 9.53 Å². The van der Waals surface area contributed by atoms with Crippen LogP contribution in [0, 0.1) is 13.8 Å². The minimum atomic E-state index is 0.000620. The topological polar surface area (TPSA) is 56.2 Å². The third-order valence-corrected chi connectivity index (χ3v) is 6.97. The maximum absolute atomic E-state index is 12.3. The molecule has 1 heterocycles. The van der Waals surface area contributed by atoms with Crippen LogP contribution in [-0.4, -0.2) is 28.6 Å². The Kier molecular flexibility index (Phi) is 9.61. The van der Waals surface area contributed by atoms with Gasteiger partial charge in [-0.25, -0.2) is 4.98 Å². The minimum Gasteiger partial charge on any atom is -0.494 e. The van der Waals surface area contributed by atoms with Gasteiger partial charge in [-0.3, -0.25) is 4.79 Å². The van der Waals surface area contributed by atoms with Crippen LogP contribution in [-0.2, 0) is 13.0 Å². The van der Waals surface area contributed by atoms with Crippen molar-refractivity contribution in [1.82, 2.24) is 14.9 Å². The lowest BCUT2D eigenvalue weighted by Crippen LogP contribution is -2.24. The summed E-state index contributed by atoms with van der Waals surface area (Å²) in [6.45, 7) is 6.28. The van der Waals surface area contributed by atoms with Crippen LogP contribution in [0.2, 0.25) is 5.02 Å². The van der Waals surface area contributed by atoms with Gasteiger partial charge in [-0.05, 0) is 87.6 Å². The monoisotopic (exact) mass is 517 g/mol. The molecule has 4 aromatic rings. The fraction of sp³-hybridized carbons (Fsp3) is 0.355. The van der Waals surface area contributed by atoms with E-state index in [1.165, 1.54) is 5.52 Å². The predicted octanol–water partition coefficient (Wildman–Crippen LogP) is 7.31. The summed E-state index contributed by atoms with van der Waals surface area (Å²) in [7, 11) is 0. The summed E-state index contributed by atoms with van der Waals surface area (Å²) in [4.78, 5) is 17.2. The summed E-state index contributed by atoms with van der Waals surface area (Å²) < 4.78 is 8.28. The highest BCUT2D eigenvalue weighted by molar-refractivity contribution is 6.31. The molecule has 6 heteroatoms. The average molecular weight is 518 g/mol. The van der Waals surface area contributed by atoms with Gasteiger partial charge in [-0.15, -0.1) is 0 Å². The number of fused-ring (bicyclic) bond motifs is 1. The lowest BCUT2D eigenvalue weighted by molar-refractivity contribution is 0.0953. The molecule has 0 aliphatic carbocycles. The third-order valence-electron chi connectivity index (χ3n) is 6.55. The number of hydrogen-bond donors (Lipinski definition) is 1. The van der Waals surface area contributed by atoms with Crippen LogP contribution in [0.1, 0.15) is 59.4 Å². The SMILES string of the molecule is Cc1cccc(C(=O)NCCCCCc2nc3ccccc3n2CCCCOc2ccc(Cl)c(C)c2)c1. The fourth-order valence-corrected chi connectivity index (χ4v) is 4.63. The number of benzene rings is 3. The summed E-state index contributed by atoms with van der Waals surface area (Å²) in [6.07, 6.45) is 5.97. The van der Waals surface area contributed by atoms with Gasteiger partial charge in [0.05, 0.1) is 17.6 Å². The first-order chi connectivity index (χ1) is 18.0. The van der Waals surface area contributed by atoms with Gasteiger partial charge in [0.15, 0.2) is 0 Å². The standard InChI is InChI=1S/C31H36ClN3O2/c1-23-11-10-12-25(21-23)31(36)33-18-7-3-4-15-30-34-28-13-5-6-14-29(28)35(30)19-8-9-20-37-26-16-17-27(32)24(2)22-26/h5-6,10-14,16-17,21-22H,3-4,7-9,15,18-20H2,1-2H3,(H,33,36). The Morgan fingerprint density at radius 2 is 1.81 bits per heavy atom. The zero-order valence-corrected chi connectivity index (χ0v) is 22.6. The van der Waals surface area contributed by atoms with Gasteiger partial charge in [-0.1, -0.05) is 47.9 Å². The zero-order chi connectivity index (χ0) is 26.0. The Bertz CT molecular complexity index is 1330. The smallest absolute Gasteiger partial charge is 0.251 e. The largest absolute Gasteiger partial charge is 0.494 e. The summed E-state index contributed by atoms with van der Waals surface area (Å²) in [5.41, 5.74) is 5.09. The molecule has 1 amide bonds. The van der Waals surface area contributed by atoms with Crippen molar-refractivity contribution in [3.05, 3.63) is 94.3 Å². The van der Waals surface area contributed by atoms with Crippen molar-refractivity contribution in [3.8, 4) is 5.75 Å². The van der Waals surface area contributed by atoms with Crippen LogP contribution in [0.4, 0.5) is 0 Å². The van der Waals surface area contributed by atoms with E-state index in [1.807, 2.05) is 62.4 Å². The van der Waals surface area contributed by atoms with Crippen LogP contribution < -0.4 is 10.1 Å². The fourth-order valence-electron chi connectivity index (χ4n) is 4.51. The molecule has 0 saturated carbocycles. The van der Waals surface area contributed by atoms with Gasteiger partial charge in [-0.2, -0.15) is 0 Å². The van der Waals surface area contributed by atoms with Crippen molar-refractivity contribution >= 4 is 28.5 Å². The number of para-hydroxylation sites is 2. The molecular formula is C31H36ClN3O2. The van der Waals surface area contributed by atoms with Crippen LogP contribution in [0.15, 0.2) is 66.7 Å². The van der Waals surface area contributed by atoms with Crippen molar-refractivity contribution in [1.29, 1.82) is 0 Å². The first-order valence-corrected chi connectivity index (χ1v) is 13.6. The highest BCUT2D eigenvalue weighted by Crippen LogP contribution is 2.22. The molecular weight excluding hydrogens is 482 g/mol. The number of aryl methyl sites for hydroxylation is 4. The number of nitrogens with zero attached hydrogens (tertiary/aromatic N) is 2. The molecule has 0 spiro atoms. The number of carbonyl (C=O) groups excluding carboxylic acids is 1. The van der Waals surface area contributed by atoms with Crippen LogP contribution in [0.5, 0.6) is 5.75 Å². The minimum absolute atomic E-state index is 0.000620. The van der Waals surface area contributed by atoms with Gasteiger partial charge < -0.3 is 14.6 Å². The number of carbonyl (C=O) groups is 1. The summed E-state index contributed by atoms with van der Waals surface area (Å²) in [5.74, 6) is 2.01. The normalized spacial score (nSPS) is 11.1. The number of imidazole rings is 1. The average Bonchev–Trinajstić information content (AvgIpc) is 3.25. The van der Waals surface area contributed by atoms with E-state index >= 15 is 0 Å². The third kappa shape index (κ3) is 7.59. The second-order valence-corrected chi connectivity index (χ2v) is 9.98. The summed E-state index contributed by atoms with van der Waals surface area (Å²) in [6, 6.07) is 21.8. The molecule has 0 radical (unpaired) electrons. The molecule has 4 rings (SSSR count). The molecule has 0 aliphatic heterocycles. The molecule has 1 N–H and O–H groups in total. The van der Waals surface area contributed by atoms with E-state index in [0.717, 1.165) is 83.9 Å². The molecule has 3 aromatic carbocycles. The van der Waals surface area contributed by atoms with E-state index in [0.29, 0.717) is 13.2 Å². The lowest BCUT2D eigenvalue weighted by Gasteiger charge is -2.11. The Labute approximate surface area is 224 Å². The molecule has 0 fully saturated rings. The summed E-state index contributed by atoms with van der Waals surface area (Å²) >= 11 is 6.10. The van der Waals surface area contributed by atoms with Crippen LogP contribution >= 0.6 is 11.6 Å². The van der Waals surface area contributed by atoms with Gasteiger partial charge >= 0.3 is 0 Å². The van der Waals surface area contributed by atoms with Crippen LogP contribution in [0.3, 0.4) is 0 Å². The Morgan fingerprint density at radius 3 is 2.65 bits per heavy atom. The second kappa shape index (κ2) is 13.3. The highest BCUT2D eigenvalue weighted by Gasteiger charge is 2.10. The molecule has 5 nitrogen and oxygen atoms in total. The quantitative estimate of drug-likeness (QED) is 0.189. The zero-order valence-electron chi connectivity index (χ0n) is 21.8. The van der Waals surface area contributed by atoms with Crippen molar-refractivity contribution in [2.45, 2.75) is 58.9 Å². The number of nitrogens with one attached hydrogen (secondary N) is 1. The Balaban J connectivity index is 1.22. The Hall–Kier alpha value is -3.31. The maximum Gasteiger partial charge on any atom is 0.251 e. The number of unbranched alkanes of at least 4 members (excludes halogenated alkanes) is 3. The number of hydrogen-bond acceptors (Lipinski definition) is 3. The highest BCUT2D eigenvalue weighted by atomic mass is 35.5. The predicted molar refractivity (Wildman–Crippen MR) is 152 cm³/mol. The molecule has 0 unspecified atom stereocenters. The summed E-state index contributed by atoms with van der Waals surface area (Å²) in [5, 5.41) is 3.80. The molecule has 0 aliphatic rings. The van der Waals surface area contributed by atoms with Gasteiger partial charge in [0.1, 0.15) is 11.6 Å². The van der Waals surface area contributed by atoms with E-state index in [1.54, 1.807) is 0 Å². The maximum atomic E-state index is 12.3. The van der Waals surface area contributed by atoms with Crippen molar-refractivity contribution in [2.24, 2.45) is 0 Å². The molecule has 194 valence electrons. The second-order valence-electron chi connectivity index (χ2n) is 9.57. The van der Waals surface area contributed by atoms with Gasteiger partial charge in [0.25, 0.3) is 5.91 Å². The number of rotatable bonds is 13. The molecule has 37 heavy (non-hydrogen) atoms. The van der Waals surface area contributed by atoms with Crippen molar-refractivity contribution in [2.75, 3.05) is 13.2 Å². The van der Waals surface area contributed by atoms with Gasteiger partial charge in [0, 0.05) is 30.1 Å².